The lowest BCUT2D eigenvalue weighted by atomic mass is 10.2. The summed E-state index contributed by atoms with van der Waals surface area (Å²) in [5, 5.41) is 8.08. The number of alkyl halides is 3. The predicted molar refractivity (Wildman–Crippen MR) is 96.0 cm³/mol. The van der Waals surface area contributed by atoms with E-state index in [0.717, 1.165) is 49.6 Å². The van der Waals surface area contributed by atoms with Crippen LogP contribution in [0.5, 0.6) is 5.75 Å². The van der Waals surface area contributed by atoms with Crippen molar-refractivity contribution in [3.05, 3.63) is 48.5 Å². The third kappa shape index (κ3) is 4.33. The first-order chi connectivity index (χ1) is 13.5. The summed E-state index contributed by atoms with van der Waals surface area (Å²) in [4.78, 5) is 8.95. The average molecular weight is 392 g/mol. The Morgan fingerprint density at radius 3 is 2.64 bits per heavy atom. The standard InChI is InChI=1S/C18H19F3N6O/c19-18(20,21)28-15-4-2-14(3-5-15)12-25-7-1-8-26(11-10-25)16-17-24-23-13-27(17)9-6-22-16/h2-6,9,13H,1,7-8,10-12H2. The van der Waals surface area contributed by atoms with Crippen molar-refractivity contribution in [3.63, 3.8) is 0 Å². The molecule has 1 fully saturated rings. The number of halogens is 3. The predicted octanol–water partition coefficient (Wildman–Crippen LogP) is 2.74. The van der Waals surface area contributed by atoms with Crippen LogP contribution in [0.15, 0.2) is 43.0 Å². The third-order valence-corrected chi connectivity index (χ3v) is 4.65. The van der Waals surface area contributed by atoms with E-state index in [4.69, 9.17) is 0 Å². The van der Waals surface area contributed by atoms with E-state index in [1.54, 1.807) is 24.7 Å². The molecule has 1 saturated heterocycles. The first-order valence-corrected chi connectivity index (χ1v) is 8.94. The Balaban J connectivity index is 1.38. The van der Waals surface area contributed by atoms with Crippen LogP contribution in [-0.2, 0) is 6.54 Å². The summed E-state index contributed by atoms with van der Waals surface area (Å²) < 4.78 is 42.5. The molecule has 0 saturated carbocycles. The quantitative estimate of drug-likeness (QED) is 0.681. The maximum Gasteiger partial charge on any atom is 0.573 e. The van der Waals surface area contributed by atoms with Gasteiger partial charge in [-0.15, -0.1) is 23.4 Å². The summed E-state index contributed by atoms with van der Waals surface area (Å²) in [6.45, 7) is 4.02. The van der Waals surface area contributed by atoms with Crippen molar-refractivity contribution in [2.75, 3.05) is 31.1 Å². The summed E-state index contributed by atoms with van der Waals surface area (Å²) in [6, 6.07) is 6.04. The van der Waals surface area contributed by atoms with Crippen LogP contribution in [0, 0.1) is 0 Å². The van der Waals surface area contributed by atoms with E-state index in [9.17, 15) is 13.2 Å². The van der Waals surface area contributed by atoms with Crippen LogP contribution in [0.1, 0.15) is 12.0 Å². The first kappa shape index (κ1) is 18.5. The monoisotopic (exact) mass is 392 g/mol. The molecular formula is C18H19F3N6O. The zero-order valence-corrected chi connectivity index (χ0v) is 15.0. The Labute approximate surface area is 159 Å². The third-order valence-electron chi connectivity index (χ3n) is 4.65. The lowest BCUT2D eigenvalue weighted by Crippen LogP contribution is -2.31. The van der Waals surface area contributed by atoms with E-state index in [-0.39, 0.29) is 5.75 Å². The SMILES string of the molecule is FC(F)(F)Oc1ccc(CN2CCCN(c3nccn4cnnc34)CC2)cc1. The van der Waals surface area contributed by atoms with Crippen molar-refractivity contribution < 1.29 is 17.9 Å². The van der Waals surface area contributed by atoms with Gasteiger partial charge in [-0.05, 0) is 24.1 Å². The van der Waals surface area contributed by atoms with Gasteiger partial charge in [0.15, 0.2) is 5.82 Å². The lowest BCUT2D eigenvalue weighted by Gasteiger charge is -2.23. The van der Waals surface area contributed by atoms with Gasteiger partial charge in [-0.25, -0.2) is 4.98 Å². The molecule has 0 spiro atoms. The van der Waals surface area contributed by atoms with Crippen LogP contribution in [0.25, 0.3) is 5.65 Å². The molecule has 0 bridgehead atoms. The van der Waals surface area contributed by atoms with E-state index >= 15 is 0 Å². The van der Waals surface area contributed by atoms with E-state index in [1.165, 1.54) is 12.1 Å². The molecule has 0 unspecified atom stereocenters. The fraction of sp³-hybridized carbons (Fsp3) is 0.389. The van der Waals surface area contributed by atoms with Gasteiger partial charge in [0.2, 0.25) is 5.65 Å². The van der Waals surface area contributed by atoms with Crippen LogP contribution < -0.4 is 9.64 Å². The molecule has 2 aromatic heterocycles. The highest BCUT2D eigenvalue weighted by Gasteiger charge is 2.31. The van der Waals surface area contributed by atoms with Crippen molar-refractivity contribution in [2.24, 2.45) is 0 Å². The van der Waals surface area contributed by atoms with Gasteiger partial charge in [0.1, 0.15) is 12.1 Å². The number of benzene rings is 1. The van der Waals surface area contributed by atoms with Gasteiger partial charge in [-0.3, -0.25) is 9.30 Å². The van der Waals surface area contributed by atoms with E-state index in [2.05, 4.69) is 29.7 Å². The molecule has 1 aliphatic rings. The van der Waals surface area contributed by atoms with Gasteiger partial charge in [0.25, 0.3) is 0 Å². The van der Waals surface area contributed by atoms with Gasteiger partial charge >= 0.3 is 6.36 Å². The second-order valence-corrected chi connectivity index (χ2v) is 6.62. The summed E-state index contributed by atoms with van der Waals surface area (Å²) in [6.07, 6.45) is 1.48. The number of anilines is 1. The van der Waals surface area contributed by atoms with Crippen LogP contribution in [0.4, 0.5) is 19.0 Å². The molecule has 10 heteroatoms. The van der Waals surface area contributed by atoms with Gasteiger partial charge in [0, 0.05) is 45.1 Å². The summed E-state index contributed by atoms with van der Waals surface area (Å²) in [7, 11) is 0. The Bertz CT molecular complexity index is 927. The number of hydrogen-bond donors (Lipinski definition) is 0. The lowest BCUT2D eigenvalue weighted by molar-refractivity contribution is -0.274. The van der Waals surface area contributed by atoms with Gasteiger partial charge in [0.05, 0.1) is 0 Å². The zero-order valence-electron chi connectivity index (χ0n) is 15.0. The van der Waals surface area contributed by atoms with Crippen molar-refractivity contribution >= 4 is 11.5 Å². The topological polar surface area (TPSA) is 58.8 Å². The summed E-state index contributed by atoms with van der Waals surface area (Å²) >= 11 is 0. The Morgan fingerprint density at radius 1 is 1.04 bits per heavy atom. The Kier molecular flexibility index (Phi) is 5.03. The highest BCUT2D eigenvalue weighted by atomic mass is 19.4. The smallest absolute Gasteiger partial charge is 0.406 e. The van der Waals surface area contributed by atoms with Crippen molar-refractivity contribution in [3.8, 4) is 5.75 Å². The second kappa shape index (κ2) is 7.63. The molecule has 0 radical (unpaired) electrons. The number of nitrogens with zero attached hydrogens (tertiary/aromatic N) is 6. The van der Waals surface area contributed by atoms with Crippen LogP contribution in [0.2, 0.25) is 0 Å². The number of aromatic nitrogens is 4. The number of ether oxygens (including phenoxy) is 1. The minimum absolute atomic E-state index is 0.203. The second-order valence-electron chi connectivity index (χ2n) is 6.62. The summed E-state index contributed by atoms with van der Waals surface area (Å²) in [5.41, 5.74) is 1.68. The Morgan fingerprint density at radius 2 is 1.86 bits per heavy atom. The molecule has 7 nitrogen and oxygen atoms in total. The highest BCUT2D eigenvalue weighted by molar-refractivity contribution is 5.63. The largest absolute Gasteiger partial charge is 0.573 e. The van der Waals surface area contributed by atoms with E-state index in [1.807, 2.05) is 10.6 Å². The van der Waals surface area contributed by atoms with Crippen LogP contribution in [-0.4, -0.2) is 57.0 Å². The van der Waals surface area contributed by atoms with E-state index < -0.39 is 6.36 Å². The molecule has 3 aromatic rings. The first-order valence-electron chi connectivity index (χ1n) is 8.94. The van der Waals surface area contributed by atoms with Crippen LogP contribution in [0.3, 0.4) is 0 Å². The fourth-order valence-corrected chi connectivity index (χ4v) is 3.36. The normalized spacial score (nSPS) is 16.3. The molecule has 0 N–H and O–H groups in total. The van der Waals surface area contributed by atoms with Crippen LogP contribution >= 0.6 is 0 Å². The van der Waals surface area contributed by atoms with E-state index in [0.29, 0.717) is 6.54 Å². The molecule has 0 amide bonds. The minimum atomic E-state index is -4.67. The van der Waals surface area contributed by atoms with Gasteiger partial charge < -0.3 is 9.64 Å². The van der Waals surface area contributed by atoms with Crippen molar-refractivity contribution in [2.45, 2.75) is 19.3 Å². The van der Waals surface area contributed by atoms with Gasteiger partial charge in [-0.1, -0.05) is 12.1 Å². The molecule has 0 aliphatic carbocycles. The summed E-state index contributed by atoms with van der Waals surface area (Å²) in [5.74, 6) is 0.612. The molecule has 4 rings (SSSR count). The van der Waals surface area contributed by atoms with Gasteiger partial charge in [-0.2, -0.15) is 0 Å². The zero-order chi connectivity index (χ0) is 19.6. The molecule has 0 atom stereocenters. The molecule has 1 aliphatic heterocycles. The minimum Gasteiger partial charge on any atom is -0.406 e. The molecule has 148 valence electrons. The van der Waals surface area contributed by atoms with Crippen molar-refractivity contribution in [1.82, 2.24) is 24.5 Å². The Hall–Kier alpha value is -2.88. The molecular weight excluding hydrogens is 373 g/mol. The highest BCUT2D eigenvalue weighted by Crippen LogP contribution is 2.23. The maximum atomic E-state index is 12.3. The van der Waals surface area contributed by atoms with Crippen molar-refractivity contribution in [1.29, 1.82) is 0 Å². The molecule has 1 aromatic carbocycles. The fourth-order valence-electron chi connectivity index (χ4n) is 3.36. The molecule has 28 heavy (non-hydrogen) atoms. The number of fused-ring (bicyclic) bond motifs is 1. The number of hydrogen-bond acceptors (Lipinski definition) is 6. The average Bonchev–Trinajstić information content (AvgIpc) is 3.02. The molecule has 3 heterocycles. The number of rotatable bonds is 4. The maximum absolute atomic E-state index is 12.3.